The molecule has 148 valence electrons. The highest BCUT2D eigenvalue weighted by Gasteiger charge is 2.23. The fourth-order valence-corrected chi connectivity index (χ4v) is 3.41. The van der Waals surface area contributed by atoms with Crippen molar-refractivity contribution in [2.75, 3.05) is 25.1 Å². The molecule has 0 atom stereocenters. The number of urea groups is 1. The number of fused-ring (bicyclic) bond motifs is 1. The number of ether oxygens (including phenoxy) is 1. The van der Waals surface area contributed by atoms with Crippen LogP contribution in [0.2, 0.25) is 0 Å². The van der Waals surface area contributed by atoms with Crippen LogP contribution >= 0.6 is 0 Å². The van der Waals surface area contributed by atoms with E-state index >= 15 is 0 Å². The van der Waals surface area contributed by atoms with Crippen molar-refractivity contribution in [3.63, 3.8) is 0 Å². The molecule has 0 saturated carbocycles. The Hall–Kier alpha value is -2.81. The monoisotopic (exact) mass is 386 g/mol. The third kappa shape index (κ3) is 4.53. The molecule has 4 heterocycles. The molecule has 1 saturated heterocycles. The van der Waals surface area contributed by atoms with Gasteiger partial charge in [0.25, 0.3) is 0 Å². The number of pyridine rings is 1. The van der Waals surface area contributed by atoms with Gasteiger partial charge in [-0.25, -0.2) is 19.2 Å². The summed E-state index contributed by atoms with van der Waals surface area (Å²) in [5, 5.41) is 6.18. The highest BCUT2D eigenvalue weighted by atomic mass is 19.1. The third-order valence-electron chi connectivity index (χ3n) is 4.99. The molecule has 0 unspecified atom stereocenters. The fraction of sp³-hybridized carbons (Fsp3) is 0.474. The van der Waals surface area contributed by atoms with E-state index < -0.39 is 5.82 Å². The van der Waals surface area contributed by atoms with Crippen LogP contribution in [-0.4, -0.2) is 51.7 Å². The predicted molar refractivity (Wildman–Crippen MR) is 100 cm³/mol. The maximum absolute atomic E-state index is 13.2. The number of aromatic nitrogens is 3. The second-order valence-electron chi connectivity index (χ2n) is 7.04. The molecule has 4 rings (SSSR count). The van der Waals surface area contributed by atoms with E-state index in [1.165, 1.54) is 12.3 Å². The normalized spacial score (nSPS) is 17.1. The Morgan fingerprint density at radius 3 is 2.96 bits per heavy atom. The summed E-state index contributed by atoms with van der Waals surface area (Å²) in [6, 6.07) is 1.47. The predicted octanol–water partition coefficient (Wildman–Crippen LogP) is 1.87. The van der Waals surface area contributed by atoms with E-state index in [-0.39, 0.29) is 12.6 Å². The molecule has 2 aliphatic heterocycles. The number of anilines is 1. The van der Waals surface area contributed by atoms with Crippen LogP contribution in [0.25, 0.3) is 0 Å². The van der Waals surface area contributed by atoms with Gasteiger partial charge in [0.05, 0.1) is 18.4 Å². The Balaban J connectivity index is 1.36. The molecular formula is C19H23FN6O2. The maximum atomic E-state index is 13.2. The van der Waals surface area contributed by atoms with Gasteiger partial charge in [-0.05, 0) is 36.5 Å². The number of carbonyl (C=O) groups excluding carboxylic acids is 1. The van der Waals surface area contributed by atoms with Crippen molar-refractivity contribution < 1.29 is 13.9 Å². The van der Waals surface area contributed by atoms with Gasteiger partial charge in [0.15, 0.2) is 0 Å². The van der Waals surface area contributed by atoms with Crippen LogP contribution in [0.5, 0.6) is 0 Å². The molecule has 28 heavy (non-hydrogen) atoms. The van der Waals surface area contributed by atoms with E-state index in [0.717, 1.165) is 43.5 Å². The third-order valence-corrected chi connectivity index (χ3v) is 4.99. The van der Waals surface area contributed by atoms with E-state index in [1.807, 2.05) is 6.20 Å². The number of hydrogen-bond acceptors (Lipinski definition) is 6. The van der Waals surface area contributed by atoms with Crippen molar-refractivity contribution in [3.8, 4) is 0 Å². The summed E-state index contributed by atoms with van der Waals surface area (Å²) in [7, 11) is 0. The molecule has 2 aromatic heterocycles. The average Bonchev–Trinajstić information content (AvgIpc) is 2.72. The molecule has 1 fully saturated rings. The lowest BCUT2D eigenvalue weighted by Gasteiger charge is -2.29. The summed E-state index contributed by atoms with van der Waals surface area (Å²) < 4.78 is 18.6. The van der Waals surface area contributed by atoms with Crippen LogP contribution in [0.3, 0.4) is 0 Å². The van der Waals surface area contributed by atoms with Crippen LogP contribution in [0, 0.1) is 5.82 Å². The smallest absolute Gasteiger partial charge is 0.318 e. The molecular weight excluding hydrogens is 363 g/mol. The number of carbonyl (C=O) groups is 1. The van der Waals surface area contributed by atoms with E-state index in [4.69, 9.17) is 4.74 Å². The number of nitrogens with zero attached hydrogens (tertiary/aromatic N) is 4. The Morgan fingerprint density at radius 2 is 2.14 bits per heavy atom. The van der Waals surface area contributed by atoms with Crippen molar-refractivity contribution in [1.29, 1.82) is 0 Å². The molecule has 8 nitrogen and oxygen atoms in total. The van der Waals surface area contributed by atoms with Crippen LogP contribution in [0.1, 0.15) is 29.7 Å². The zero-order chi connectivity index (χ0) is 19.3. The molecule has 9 heteroatoms. The summed E-state index contributed by atoms with van der Waals surface area (Å²) in [5.74, 6) is 0.179. The Bertz CT molecular complexity index is 843. The molecule has 0 bridgehead atoms. The van der Waals surface area contributed by atoms with Crippen molar-refractivity contribution in [2.45, 2.75) is 38.4 Å². The van der Waals surface area contributed by atoms with E-state index in [1.54, 1.807) is 4.90 Å². The molecule has 0 spiro atoms. The van der Waals surface area contributed by atoms with E-state index in [2.05, 4.69) is 25.6 Å². The van der Waals surface area contributed by atoms with Gasteiger partial charge < -0.3 is 20.3 Å². The zero-order valence-electron chi connectivity index (χ0n) is 15.5. The van der Waals surface area contributed by atoms with Crippen LogP contribution in [0.4, 0.5) is 15.1 Å². The average molecular weight is 386 g/mol. The van der Waals surface area contributed by atoms with Crippen LogP contribution < -0.4 is 10.6 Å². The van der Waals surface area contributed by atoms with Crippen molar-refractivity contribution in [3.05, 3.63) is 47.3 Å². The minimum Gasteiger partial charge on any atom is -0.381 e. The van der Waals surface area contributed by atoms with Gasteiger partial charge in [-0.15, -0.1) is 0 Å². The highest BCUT2D eigenvalue weighted by Crippen LogP contribution is 2.19. The van der Waals surface area contributed by atoms with Gasteiger partial charge in [-0.3, -0.25) is 4.98 Å². The summed E-state index contributed by atoms with van der Waals surface area (Å²) in [5.41, 5.74) is 2.55. The highest BCUT2D eigenvalue weighted by molar-refractivity contribution is 5.74. The van der Waals surface area contributed by atoms with Crippen molar-refractivity contribution in [1.82, 2.24) is 25.2 Å². The summed E-state index contributed by atoms with van der Waals surface area (Å²) in [4.78, 5) is 27.0. The molecule has 0 aliphatic carbocycles. The van der Waals surface area contributed by atoms with E-state index in [0.29, 0.717) is 37.1 Å². The summed E-state index contributed by atoms with van der Waals surface area (Å²) >= 11 is 0. The quantitative estimate of drug-likeness (QED) is 0.834. The zero-order valence-corrected chi connectivity index (χ0v) is 15.5. The molecule has 2 amide bonds. The molecule has 0 aromatic carbocycles. The Labute approximate surface area is 162 Å². The lowest BCUT2D eigenvalue weighted by Crippen LogP contribution is -2.43. The van der Waals surface area contributed by atoms with E-state index in [9.17, 15) is 9.18 Å². The lowest BCUT2D eigenvalue weighted by atomic mass is 10.1. The van der Waals surface area contributed by atoms with Gasteiger partial charge in [-0.1, -0.05) is 0 Å². The number of amides is 2. The van der Waals surface area contributed by atoms with Crippen LogP contribution in [-0.2, 0) is 24.2 Å². The van der Waals surface area contributed by atoms with Gasteiger partial charge in [-0.2, -0.15) is 0 Å². The number of hydrogen-bond donors (Lipinski definition) is 2. The van der Waals surface area contributed by atoms with Gasteiger partial charge >= 0.3 is 6.03 Å². The first-order valence-corrected chi connectivity index (χ1v) is 9.48. The van der Waals surface area contributed by atoms with Crippen molar-refractivity contribution >= 4 is 12.0 Å². The minimum absolute atomic E-state index is 0.201. The van der Waals surface area contributed by atoms with Crippen molar-refractivity contribution in [2.24, 2.45) is 0 Å². The molecule has 0 radical (unpaired) electrons. The number of nitrogens with one attached hydrogen (secondary N) is 2. The molecule has 2 aromatic rings. The largest absolute Gasteiger partial charge is 0.381 e. The number of rotatable bonds is 4. The first-order valence-electron chi connectivity index (χ1n) is 9.48. The first-order chi connectivity index (χ1) is 13.7. The lowest BCUT2D eigenvalue weighted by molar-refractivity contribution is 0.0903. The van der Waals surface area contributed by atoms with Gasteiger partial charge in [0, 0.05) is 44.7 Å². The maximum Gasteiger partial charge on any atom is 0.318 e. The second kappa shape index (κ2) is 8.47. The first kappa shape index (κ1) is 18.5. The topological polar surface area (TPSA) is 92.3 Å². The molecule has 2 aliphatic rings. The molecule has 2 N–H and O–H groups in total. The number of halogens is 1. The summed E-state index contributed by atoms with van der Waals surface area (Å²) in [6.07, 6.45) is 7.10. The van der Waals surface area contributed by atoms with Gasteiger partial charge in [0.2, 0.25) is 5.95 Å². The Kier molecular flexibility index (Phi) is 5.61. The standard InChI is InChI=1S/C19H23FN6O2/c20-15-7-13(8-21-11-15)9-23-19(27)26-4-1-14-10-22-18(25-17(14)12-26)24-16-2-5-28-6-3-16/h7-8,10-11,16H,1-6,9,12H2,(H,23,27)(H,22,24,25). The summed E-state index contributed by atoms with van der Waals surface area (Å²) in [6.45, 7) is 2.74. The Morgan fingerprint density at radius 1 is 1.29 bits per heavy atom. The van der Waals surface area contributed by atoms with Gasteiger partial charge in [0.1, 0.15) is 5.82 Å². The minimum atomic E-state index is -0.417. The fourth-order valence-electron chi connectivity index (χ4n) is 3.41. The second-order valence-corrected chi connectivity index (χ2v) is 7.04. The van der Waals surface area contributed by atoms with Crippen LogP contribution in [0.15, 0.2) is 24.7 Å². The SMILES string of the molecule is O=C(NCc1cncc(F)c1)N1CCc2cnc(NC3CCOCC3)nc2C1.